The fraction of sp³-hybridized carbons (Fsp3) is 0.286. The lowest BCUT2D eigenvalue weighted by Crippen LogP contribution is -2.15. The van der Waals surface area contributed by atoms with Gasteiger partial charge in [0.1, 0.15) is 11.5 Å². The van der Waals surface area contributed by atoms with Gasteiger partial charge >= 0.3 is 0 Å². The van der Waals surface area contributed by atoms with Gasteiger partial charge in [0.2, 0.25) is 0 Å². The summed E-state index contributed by atoms with van der Waals surface area (Å²) >= 11 is 0. The fourth-order valence-corrected chi connectivity index (χ4v) is 2.10. The maximum atomic E-state index is 4.54. The van der Waals surface area contributed by atoms with Crippen LogP contribution in [0, 0.1) is 0 Å². The van der Waals surface area contributed by atoms with Crippen molar-refractivity contribution in [1.29, 1.82) is 0 Å². The lowest BCUT2D eigenvalue weighted by atomic mass is 10.3. The number of imidazole rings is 2. The van der Waals surface area contributed by atoms with Crippen molar-refractivity contribution in [3.05, 3.63) is 54.5 Å². The van der Waals surface area contributed by atoms with E-state index >= 15 is 0 Å². The molecule has 0 aromatic carbocycles. The number of aromatic amines is 1. The predicted molar refractivity (Wildman–Crippen MR) is 73.8 cm³/mol. The Morgan fingerprint density at radius 3 is 3.16 bits per heavy atom. The third kappa shape index (κ3) is 3.00. The molecule has 0 unspecified atom stereocenters. The molecule has 0 fully saturated rings. The second-order valence-corrected chi connectivity index (χ2v) is 4.51. The van der Waals surface area contributed by atoms with Gasteiger partial charge in [-0.05, 0) is 25.1 Å². The van der Waals surface area contributed by atoms with Crippen molar-refractivity contribution in [2.75, 3.05) is 6.54 Å². The maximum absolute atomic E-state index is 4.54. The first-order valence-corrected chi connectivity index (χ1v) is 6.53. The summed E-state index contributed by atoms with van der Waals surface area (Å²) in [5, 5.41) is 3.41. The Balaban J connectivity index is 1.44. The highest BCUT2D eigenvalue weighted by molar-refractivity contribution is 5.39. The molecule has 5 heteroatoms. The highest BCUT2D eigenvalue weighted by Gasteiger charge is 2.00. The van der Waals surface area contributed by atoms with Gasteiger partial charge < -0.3 is 14.7 Å². The second kappa shape index (κ2) is 5.67. The zero-order chi connectivity index (χ0) is 12.9. The molecule has 0 aliphatic rings. The Bertz CT molecular complexity index is 593. The Morgan fingerprint density at radius 2 is 2.32 bits per heavy atom. The summed E-state index contributed by atoms with van der Waals surface area (Å²) in [6, 6.07) is 6.03. The first-order chi connectivity index (χ1) is 9.42. The van der Waals surface area contributed by atoms with E-state index in [1.165, 1.54) is 0 Å². The molecule has 0 aliphatic carbocycles. The number of rotatable bonds is 6. The van der Waals surface area contributed by atoms with E-state index in [9.17, 15) is 0 Å². The van der Waals surface area contributed by atoms with Gasteiger partial charge in [0.15, 0.2) is 0 Å². The molecule has 0 saturated heterocycles. The molecule has 3 aromatic rings. The van der Waals surface area contributed by atoms with Crippen molar-refractivity contribution in [2.24, 2.45) is 0 Å². The van der Waals surface area contributed by atoms with E-state index in [-0.39, 0.29) is 0 Å². The van der Waals surface area contributed by atoms with Gasteiger partial charge in [-0.15, -0.1) is 0 Å². The van der Waals surface area contributed by atoms with Crippen LogP contribution in [0.2, 0.25) is 0 Å². The highest BCUT2D eigenvalue weighted by atomic mass is 15.0. The van der Waals surface area contributed by atoms with E-state index in [0.717, 1.165) is 43.1 Å². The van der Waals surface area contributed by atoms with Crippen LogP contribution in [0.3, 0.4) is 0 Å². The number of H-pyrrole nitrogens is 1. The minimum atomic E-state index is 0.805. The largest absolute Gasteiger partial charge is 0.349 e. The maximum Gasteiger partial charge on any atom is 0.137 e. The van der Waals surface area contributed by atoms with Gasteiger partial charge in [-0.25, -0.2) is 9.97 Å². The molecule has 3 aromatic heterocycles. The minimum absolute atomic E-state index is 0.805. The normalized spacial score (nSPS) is 11.2. The first kappa shape index (κ1) is 11.9. The molecule has 0 radical (unpaired) electrons. The molecule has 0 amide bonds. The predicted octanol–water partition coefficient (Wildman–Crippen LogP) is 1.78. The van der Waals surface area contributed by atoms with Crippen LogP contribution >= 0.6 is 0 Å². The number of aryl methyl sites for hydroxylation is 1. The van der Waals surface area contributed by atoms with E-state index < -0.39 is 0 Å². The number of hydrogen-bond donors (Lipinski definition) is 2. The summed E-state index contributed by atoms with van der Waals surface area (Å²) in [7, 11) is 0. The summed E-state index contributed by atoms with van der Waals surface area (Å²) < 4.78 is 2.04. The zero-order valence-electron chi connectivity index (χ0n) is 10.7. The molecule has 0 spiro atoms. The smallest absolute Gasteiger partial charge is 0.137 e. The van der Waals surface area contributed by atoms with Crippen LogP contribution in [0.4, 0.5) is 0 Å². The van der Waals surface area contributed by atoms with Gasteiger partial charge in [0.25, 0.3) is 0 Å². The zero-order valence-corrected chi connectivity index (χ0v) is 10.7. The Hall–Kier alpha value is -2.14. The summed E-state index contributed by atoms with van der Waals surface area (Å²) in [6.45, 7) is 1.77. The molecule has 19 heavy (non-hydrogen) atoms. The first-order valence-electron chi connectivity index (χ1n) is 6.53. The van der Waals surface area contributed by atoms with Crippen LogP contribution in [0.5, 0.6) is 0 Å². The van der Waals surface area contributed by atoms with Gasteiger partial charge in [0, 0.05) is 37.8 Å². The van der Waals surface area contributed by atoms with Crippen LogP contribution in [-0.2, 0) is 13.0 Å². The summed E-state index contributed by atoms with van der Waals surface area (Å²) in [5.41, 5.74) is 2.07. The summed E-state index contributed by atoms with van der Waals surface area (Å²) in [5.74, 6) is 1.05. The van der Waals surface area contributed by atoms with Crippen LogP contribution in [-0.4, -0.2) is 25.9 Å². The van der Waals surface area contributed by atoms with E-state index in [1.54, 1.807) is 6.20 Å². The fourth-order valence-electron chi connectivity index (χ4n) is 2.10. The van der Waals surface area contributed by atoms with Gasteiger partial charge in [-0.3, -0.25) is 0 Å². The number of pyridine rings is 1. The molecule has 3 heterocycles. The van der Waals surface area contributed by atoms with Crippen molar-refractivity contribution in [3.8, 4) is 0 Å². The van der Waals surface area contributed by atoms with Crippen molar-refractivity contribution in [1.82, 2.24) is 24.7 Å². The second-order valence-electron chi connectivity index (χ2n) is 4.51. The molecule has 0 atom stereocenters. The molecule has 0 saturated carbocycles. The molecule has 5 nitrogen and oxygen atoms in total. The minimum Gasteiger partial charge on any atom is -0.349 e. The lowest BCUT2D eigenvalue weighted by Gasteiger charge is -2.01. The third-order valence-electron chi connectivity index (χ3n) is 3.04. The van der Waals surface area contributed by atoms with E-state index in [0.29, 0.717) is 0 Å². The third-order valence-corrected chi connectivity index (χ3v) is 3.04. The van der Waals surface area contributed by atoms with Crippen LogP contribution in [0.25, 0.3) is 5.65 Å². The topological polar surface area (TPSA) is 58.0 Å². The quantitative estimate of drug-likeness (QED) is 0.660. The SMILES string of the molecule is c1ccn2cc(CNCCCc3ncc[nH]3)nc2c1. The van der Waals surface area contributed by atoms with Crippen molar-refractivity contribution in [2.45, 2.75) is 19.4 Å². The monoisotopic (exact) mass is 255 g/mol. The van der Waals surface area contributed by atoms with Gasteiger partial charge in [-0.1, -0.05) is 6.07 Å². The Labute approximate surface area is 111 Å². The number of nitrogens with one attached hydrogen (secondary N) is 2. The molecule has 2 N–H and O–H groups in total. The number of hydrogen-bond acceptors (Lipinski definition) is 3. The lowest BCUT2D eigenvalue weighted by molar-refractivity contribution is 0.635. The van der Waals surface area contributed by atoms with Crippen molar-refractivity contribution >= 4 is 5.65 Å². The molecule has 0 aliphatic heterocycles. The van der Waals surface area contributed by atoms with Gasteiger partial charge in [-0.2, -0.15) is 0 Å². The average Bonchev–Trinajstić information content (AvgIpc) is 3.06. The van der Waals surface area contributed by atoms with Crippen molar-refractivity contribution in [3.63, 3.8) is 0 Å². The van der Waals surface area contributed by atoms with Gasteiger partial charge in [0.05, 0.1) is 5.69 Å². The number of fused-ring (bicyclic) bond motifs is 1. The summed E-state index contributed by atoms with van der Waals surface area (Å²) in [4.78, 5) is 11.9. The van der Waals surface area contributed by atoms with Crippen LogP contribution < -0.4 is 5.32 Å². The molecular weight excluding hydrogens is 238 g/mol. The van der Waals surface area contributed by atoms with E-state index in [2.05, 4.69) is 26.5 Å². The van der Waals surface area contributed by atoms with Crippen molar-refractivity contribution < 1.29 is 0 Å². The van der Waals surface area contributed by atoms with E-state index in [1.807, 2.05) is 35.0 Å². The number of nitrogens with zero attached hydrogens (tertiary/aromatic N) is 3. The number of aromatic nitrogens is 4. The summed E-state index contributed by atoms with van der Waals surface area (Å²) in [6.07, 6.45) is 9.78. The van der Waals surface area contributed by atoms with Crippen LogP contribution in [0.1, 0.15) is 17.9 Å². The standard InChI is InChI=1S/C14H17N5/c1-2-9-19-11-12(18-14(19)5-1)10-15-6-3-4-13-16-7-8-17-13/h1-2,5,7-9,11,15H,3-4,6,10H2,(H,16,17). The Kier molecular flexibility index (Phi) is 3.56. The molecule has 3 rings (SSSR count). The molecule has 0 bridgehead atoms. The Morgan fingerprint density at radius 1 is 1.32 bits per heavy atom. The molecule has 98 valence electrons. The van der Waals surface area contributed by atoms with E-state index in [4.69, 9.17) is 0 Å². The highest BCUT2D eigenvalue weighted by Crippen LogP contribution is 2.04. The molecular formula is C14H17N5. The van der Waals surface area contributed by atoms with Crippen LogP contribution in [0.15, 0.2) is 43.0 Å². The average molecular weight is 255 g/mol.